The molecule has 3 aliphatic carbocycles. The van der Waals surface area contributed by atoms with E-state index in [0.717, 1.165) is 25.7 Å². The first-order chi connectivity index (χ1) is 15.0. The Morgan fingerprint density at radius 1 is 1.32 bits per heavy atom. The monoisotopic (exact) mass is 420 g/mol. The van der Waals surface area contributed by atoms with Gasteiger partial charge in [-0.05, 0) is 44.4 Å². The molecule has 3 aromatic rings. The molecule has 3 aromatic heterocycles. The number of hydrogen-bond donors (Lipinski definition) is 3. The second-order valence-corrected chi connectivity index (χ2v) is 8.43. The van der Waals surface area contributed by atoms with Gasteiger partial charge < -0.3 is 15.4 Å². The molecule has 9 heteroatoms. The Morgan fingerprint density at radius 3 is 2.77 bits per heavy atom. The minimum Gasteiger partial charge on any atom is -0.481 e. The number of aliphatic carboxylic acids is 1. The number of carboxylic acids is 1. The van der Waals surface area contributed by atoms with Crippen LogP contribution in [0.1, 0.15) is 36.8 Å². The molecule has 3 N–H and O–H groups in total. The van der Waals surface area contributed by atoms with Crippen LogP contribution in [0.25, 0.3) is 22.3 Å². The zero-order valence-electron chi connectivity index (χ0n) is 16.9. The number of anilines is 1. The Labute approximate surface area is 177 Å². The fraction of sp³-hybridized carbons (Fsp3) is 0.409. The zero-order valence-corrected chi connectivity index (χ0v) is 16.9. The van der Waals surface area contributed by atoms with Gasteiger partial charge in [0, 0.05) is 34.9 Å². The number of nitrogens with zero attached hydrogens (tertiary/aromatic N) is 4. The Bertz CT molecular complexity index is 1220. The van der Waals surface area contributed by atoms with Crippen LogP contribution in [-0.4, -0.2) is 37.1 Å². The first-order valence-corrected chi connectivity index (χ1v) is 10.4. The van der Waals surface area contributed by atoms with Gasteiger partial charge in [-0.15, -0.1) is 0 Å². The van der Waals surface area contributed by atoms with E-state index < -0.39 is 23.7 Å². The number of halogens is 1. The molecule has 0 radical (unpaired) electrons. The summed E-state index contributed by atoms with van der Waals surface area (Å²) in [6.45, 7) is 1.54. The largest absolute Gasteiger partial charge is 0.481 e. The quantitative estimate of drug-likeness (QED) is 0.588. The van der Waals surface area contributed by atoms with Crippen molar-refractivity contribution in [3.05, 3.63) is 35.7 Å². The third kappa shape index (κ3) is 3.02. The van der Waals surface area contributed by atoms with E-state index in [0.29, 0.717) is 22.3 Å². The van der Waals surface area contributed by atoms with E-state index in [9.17, 15) is 15.2 Å². The summed E-state index contributed by atoms with van der Waals surface area (Å²) in [6.07, 6.45) is 8.33. The van der Waals surface area contributed by atoms with Gasteiger partial charge >= 0.3 is 5.97 Å². The molecular formula is C22H21FN6O2. The number of hydrogen-bond acceptors (Lipinski definition) is 6. The van der Waals surface area contributed by atoms with E-state index in [2.05, 4.69) is 31.3 Å². The molecule has 0 aromatic carbocycles. The minimum atomic E-state index is -0.855. The first kappa shape index (κ1) is 19.4. The number of nitriles is 1. The molecule has 0 unspecified atom stereocenters. The maximum Gasteiger partial charge on any atom is 0.308 e. The van der Waals surface area contributed by atoms with Crippen molar-refractivity contribution >= 4 is 22.8 Å². The highest BCUT2D eigenvalue weighted by Crippen LogP contribution is 2.46. The molecule has 0 spiro atoms. The second kappa shape index (κ2) is 7.30. The fourth-order valence-corrected chi connectivity index (χ4v) is 5.34. The lowest BCUT2D eigenvalue weighted by molar-refractivity contribution is -0.148. The zero-order chi connectivity index (χ0) is 21.7. The summed E-state index contributed by atoms with van der Waals surface area (Å²) in [5.74, 6) is -1.81. The average molecular weight is 420 g/mol. The number of H-pyrrole nitrogens is 1. The molecule has 158 valence electrons. The summed E-state index contributed by atoms with van der Waals surface area (Å²) >= 11 is 0. The SMILES string of the molecule is Cc1c(F)c(N[C@H]2C3CCC(CC3)[C@@H]2C(=O)O)nc(-c2c[nH]c3ncncc23)c1C#N. The number of carboxylic acid groups (broad SMARTS) is 1. The number of aromatic amines is 1. The summed E-state index contributed by atoms with van der Waals surface area (Å²) in [4.78, 5) is 27.7. The van der Waals surface area contributed by atoms with Gasteiger partial charge in [0.2, 0.25) is 0 Å². The van der Waals surface area contributed by atoms with Crippen LogP contribution in [0.2, 0.25) is 0 Å². The number of carbonyl (C=O) groups is 1. The highest BCUT2D eigenvalue weighted by Gasteiger charge is 2.47. The Morgan fingerprint density at radius 2 is 2.06 bits per heavy atom. The first-order valence-electron chi connectivity index (χ1n) is 10.4. The Kier molecular flexibility index (Phi) is 4.58. The third-order valence-corrected chi connectivity index (χ3v) is 6.90. The van der Waals surface area contributed by atoms with Crippen molar-refractivity contribution in [1.29, 1.82) is 5.26 Å². The number of fused-ring (bicyclic) bond motifs is 4. The molecular weight excluding hydrogens is 399 g/mol. The lowest BCUT2D eigenvalue weighted by atomic mass is 9.61. The third-order valence-electron chi connectivity index (χ3n) is 6.90. The van der Waals surface area contributed by atoms with E-state index in [4.69, 9.17) is 0 Å². The minimum absolute atomic E-state index is 0.0125. The summed E-state index contributed by atoms with van der Waals surface area (Å²) in [5, 5.41) is 23.3. The maximum absolute atomic E-state index is 15.3. The average Bonchev–Trinajstić information content (AvgIpc) is 3.21. The van der Waals surface area contributed by atoms with Gasteiger partial charge in [0.1, 0.15) is 18.0 Å². The highest BCUT2D eigenvalue weighted by molar-refractivity contribution is 5.93. The van der Waals surface area contributed by atoms with Crippen LogP contribution in [-0.2, 0) is 4.79 Å². The summed E-state index contributed by atoms with van der Waals surface area (Å²) in [7, 11) is 0. The number of nitrogens with one attached hydrogen (secondary N) is 2. The van der Waals surface area contributed by atoms with E-state index in [1.807, 2.05) is 0 Å². The standard InChI is InChI=1S/C22H21FN6O2/c1-10-13(6-24)19(14-8-26-20-15(14)7-25-9-27-20)29-21(17(10)23)28-18-12-4-2-11(3-5-12)16(18)22(30)31/h7-9,11-12,16,18H,2-5H2,1H3,(H,28,29)(H,30,31)(H,25,26,27)/t11?,12?,16-,18-/m0/s1. The van der Waals surface area contributed by atoms with E-state index in [1.54, 1.807) is 12.4 Å². The lowest BCUT2D eigenvalue weighted by Crippen LogP contribution is -2.51. The van der Waals surface area contributed by atoms with Crippen molar-refractivity contribution < 1.29 is 14.3 Å². The van der Waals surface area contributed by atoms with Gasteiger partial charge in [0.05, 0.1) is 17.2 Å². The lowest BCUT2D eigenvalue weighted by Gasteiger charge is -2.47. The highest BCUT2D eigenvalue weighted by atomic mass is 19.1. The molecule has 3 saturated carbocycles. The topological polar surface area (TPSA) is 128 Å². The van der Waals surface area contributed by atoms with Gasteiger partial charge in [0.25, 0.3) is 0 Å². The Hall–Kier alpha value is -3.54. The van der Waals surface area contributed by atoms with Crippen molar-refractivity contribution in [2.24, 2.45) is 17.8 Å². The fourth-order valence-electron chi connectivity index (χ4n) is 5.34. The molecule has 2 atom stereocenters. The van der Waals surface area contributed by atoms with Crippen LogP contribution in [0.15, 0.2) is 18.7 Å². The molecule has 31 heavy (non-hydrogen) atoms. The van der Waals surface area contributed by atoms with E-state index in [-0.39, 0.29) is 28.8 Å². The number of pyridine rings is 1. The molecule has 3 heterocycles. The van der Waals surface area contributed by atoms with Crippen molar-refractivity contribution in [1.82, 2.24) is 19.9 Å². The van der Waals surface area contributed by atoms with Crippen molar-refractivity contribution in [3.8, 4) is 17.3 Å². The molecule has 3 aliphatic rings. The number of rotatable bonds is 4. The predicted octanol–water partition coefficient (Wildman–Crippen LogP) is 3.64. The Balaban J connectivity index is 1.62. The van der Waals surface area contributed by atoms with Crippen LogP contribution in [0.3, 0.4) is 0 Å². The van der Waals surface area contributed by atoms with Crippen LogP contribution >= 0.6 is 0 Å². The van der Waals surface area contributed by atoms with E-state index in [1.165, 1.54) is 13.3 Å². The van der Waals surface area contributed by atoms with Gasteiger partial charge in [-0.25, -0.2) is 19.3 Å². The van der Waals surface area contributed by atoms with E-state index >= 15 is 4.39 Å². The van der Waals surface area contributed by atoms with Crippen molar-refractivity contribution in [2.45, 2.75) is 38.6 Å². The van der Waals surface area contributed by atoms with Crippen LogP contribution in [0, 0.1) is 41.8 Å². The summed E-state index contributed by atoms with van der Waals surface area (Å²) in [6, 6.07) is 1.67. The molecule has 2 bridgehead atoms. The van der Waals surface area contributed by atoms with Crippen LogP contribution in [0.5, 0.6) is 0 Å². The molecule has 0 amide bonds. The van der Waals surface area contributed by atoms with Crippen LogP contribution < -0.4 is 5.32 Å². The normalized spacial score (nSPS) is 24.8. The second-order valence-electron chi connectivity index (χ2n) is 8.43. The maximum atomic E-state index is 15.3. The van der Waals surface area contributed by atoms with Gasteiger partial charge in [0.15, 0.2) is 11.6 Å². The molecule has 3 fully saturated rings. The number of aromatic nitrogens is 4. The van der Waals surface area contributed by atoms with Gasteiger partial charge in [-0.3, -0.25) is 4.79 Å². The van der Waals surface area contributed by atoms with Crippen LogP contribution in [0.4, 0.5) is 10.2 Å². The molecule has 0 aliphatic heterocycles. The van der Waals surface area contributed by atoms with Crippen molar-refractivity contribution in [2.75, 3.05) is 5.32 Å². The van der Waals surface area contributed by atoms with Gasteiger partial charge in [-0.2, -0.15) is 5.26 Å². The predicted molar refractivity (Wildman–Crippen MR) is 111 cm³/mol. The van der Waals surface area contributed by atoms with Gasteiger partial charge in [-0.1, -0.05) is 0 Å². The molecule has 0 saturated heterocycles. The summed E-state index contributed by atoms with van der Waals surface area (Å²) < 4.78 is 15.3. The molecule has 8 nitrogen and oxygen atoms in total. The summed E-state index contributed by atoms with van der Waals surface area (Å²) in [5.41, 5.74) is 1.81. The smallest absolute Gasteiger partial charge is 0.308 e. The molecule has 6 rings (SSSR count). The van der Waals surface area contributed by atoms with Crippen molar-refractivity contribution in [3.63, 3.8) is 0 Å².